The van der Waals surface area contributed by atoms with Crippen LogP contribution in [0.5, 0.6) is 0 Å². The standard InChI is InChI=1S/C16H23FN2O/c1-3-12-8-9-18-15(10-12)16(20)19(2)11-13-4-6-14(17)7-5-13/h4-7,12,15,18H,3,8-11H2,1-2H3. The molecule has 2 rings (SSSR count). The lowest BCUT2D eigenvalue weighted by molar-refractivity contribution is -0.133. The number of likely N-dealkylation sites (N-methyl/N-ethyl adjacent to an activating group) is 1. The second-order valence-electron chi connectivity index (χ2n) is 5.63. The minimum atomic E-state index is -0.248. The van der Waals surface area contributed by atoms with Crippen LogP contribution in [0, 0.1) is 11.7 Å². The van der Waals surface area contributed by atoms with E-state index in [9.17, 15) is 9.18 Å². The van der Waals surface area contributed by atoms with Crippen molar-refractivity contribution in [3.05, 3.63) is 35.6 Å². The van der Waals surface area contributed by atoms with Crippen LogP contribution in [0.2, 0.25) is 0 Å². The number of rotatable bonds is 4. The van der Waals surface area contributed by atoms with Crippen molar-refractivity contribution in [2.75, 3.05) is 13.6 Å². The van der Waals surface area contributed by atoms with Gasteiger partial charge in [0.1, 0.15) is 5.82 Å². The van der Waals surface area contributed by atoms with Gasteiger partial charge in [0.2, 0.25) is 5.91 Å². The number of piperidine rings is 1. The average Bonchev–Trinajstić information content (AvgIpc) is 2.48. The molecule has 1 N–H and O–H groups in total. The molecule has 1 amide bonds. The molecule has 0 aliphatic carbocycles. The van der Waals surface area contributed by atoms with E-state index in [1.165, 1.54) is 12.1 Å². The van der Waals surface area contributed by atoms with Crippen LogP contribution in [0.25, 0.3) is 0 Å². The maximum Gasteiger partial charge on any atom is 0.239 e. The molecule has 1 aromatic rings. The Morgan fingerprint density at radius 3 is 2.75 bits per heavy atom. The number of amides is 1. The third-order valence-electron chi connectivity index (χ3n) is 4.10. The third-order valence-corrected chi connectivity index (χ3v) is 4.10. The number of nitrogens with zero attached hydrogens (tertiary/aromatic N) is 1. The van der Waals surface area contributed by atoms with E-state index in [-0.39, 0.29) is 17.8 Å². The zero-order valence-corrected chi connectivity index (χ0v) is 12.2. The summed E-state index contributed by atoms with van der Waals surface area (Å²) in [7, 11) is 1.81. The number of nitrogens with one attached hydrogen (secondary N) is 1. The second-order valence-corrected chi connectivity index (χ2v) is 5.63. The number of halogens is 1. The van der Waals surface area contributed by atoms with E-state index in [4.69, 9.17) is 0 Å². The minimum Gasteiger partial charge on any atom is -0.340 e. The zero-order chi connectivity index (χ0) is 14.5. The molecule has 1 aliphatic heterocycles. The lowest BCUT2D eigenvalue weighted by atomic mass is 9.90. The Bertz CT molecular complexity index is 446. The first kappa shape index (κ1) is 15.0. The quantitative estimate of drug-likeness (QED) is 0.918. The summed E-state index contributed by atoms with van der Waals surface area (Å²) in [6.07, 6.45) is 3.21. The zero-order valence-electron chi connectivity index (χ0n) is 12.2. The van der Waals surface area contributed by atoms with Gasteiger partial charge in [-0.1, -0.05) is 25.5 Å². The van der Waals surface area contributed by atoms with Gasteiger partial charge in [-0.25, -0.2) is 4.39 Å². The van der Waals surface area contributed by atoms with Crippen molar-refractivity contribution in [2.24, 2.45) is 5.92 Å². The van der Waals surface area contributed by atoms with Gasteiger partial charge in [-0.15, -0.1) is 0 Å². The fourth-order valence-electron chi connectivity index (χ4n) is 2.76. The summed E-state index contributed by atoms with van der Waals surface area (Å²) in [5.74, 6) is 0.527. The molecule has 2 atom stereocenters. The van der Waals surface area contributed by atoms with E-state index in [1.807, 2.05) is 7.05 Å². The van der Waals surface area contributed by atoms with Crippen LogP contribution < -0.4 is 5.32 Å². The third kappa shape index (κ3) is 3.79. The highest BCUT2D eigenvalue weighted by Crippen LogP contribution is 2.20. The summed E-state index contributed by atoms with van der Waals surface area (Å²) in [5, 5.41) is 3.31. The number of hydrogen-bond acceptors (Lipinski definition) is 2. The summed E-state index contributed by atoms with van der Waals surface area (Å²) in [4.78, 5) is 14.1. The Kier molecular flexibility index (Phi) is 5.12. The van der Waals surface area contributed by atoms with Gasteiger partial charge in [-0.05, 0) is 43.0 Å². The Labute approximate surface area is 120 Å². The fourth-order valence-corrected chi connectivity index (χ4v) is 2.76. The summed E-state index contributed by atoms with van der Waals surface area (Å²) in [6, 6.07) is 6.24. The number of benzene rings is 1. The molecule has 1 saturated heterocycles. The summed E-state index contributed by atoms with van der Waals surface area (Å²) in [5.41, 5.74) is 0.949. The Hall–Kier alpha value is -1.42. The maximum atomic E-state index is 12.9. The summed E-state index contributed by atoms with van der Waals surface area (Å²) in [6.45, 7) is 3.62. The van der Waals surface area contributed by atoms with Crippen LogP contribution >= 0.6 is 0 Å². The molecular weight excluding hydrogens is 255 g/mol. The molecule has 110 valence electrons. The summed E-state index contributed by atoms with van der Waals surface area (Å²) < 4.78 is 12.9. The molecule has 0 saturated carbocycles. The maximum absolute atomic E-state index is 12.9. The van der Waals surface area contributed by atoms with Crippen molar-refractivity contribution in [1.82, 2.24) is 10.2 Å². The van der Waals surface area contributed by atoms with E-state index in [0.717, 1.165) is 31.4 Å². The second kappa shape index (κ2) is 6.84. The average molecular weight is 278 g/mol. The Morgan fingerprint density at radius 2 is 2.10 bits per heavy atom. The first-order valence-corrected chi connectivity index (χ1v) is 7.33. The van der Waals surface area contributed by atoms with E-state index >= 15 is 0 Å². The normalized spacial score (nSPS) is 22.6. The van der Waals surface area contributed by atoms with Crippen molar-refractivity contribution in [2.45, 2.75) is 38.8 Å². The molecule has 1 aromatic carbocycles. The Balaban J connectivity index is 1.92. The molecule has 3 nitrogen and oxygen atoms in total. The molecule has 0 bridgehead atoms. The van der Waals surface area contributed by atoms with Crippen LogP contribution in [0.3, 0.4) is 0 Å². The van der Waals surface area contributed by atoms with Crippen LogP contribution in [-0.2, 0) is 11.3 Å². The number of carbonyl (C=O) groups excluding carboxylic acids is 1. The van der Waals surface area contributed by atoms with Crippen LogP contribution in [0.1, 0.15) is 31.7 Å². The topological polar surface area (TPSA) is 32.3 Å². The highest BCUT2D eigenvalue weighted by molar-refractivity contribution is 5.81. The lowest BCUT2D eigenvalue weighted by Crippen LogP contribution is -2.49. The predicted octanol–water partition coefficient (Wildman–Crippen LogP) is 2.56. The molecule has 0 aromatic heterocycles. The Morgan fingerprint density at radius 1 is 1.40 bits per heavy atom. The molecule has 0 spiro atoms. The number of carbonyl (C=O) groups is 1. The highest BCUT2D eigenvalue weighted by Gasteiger charge is 2.27. The summed E-state index contributed by atoms with van der Waals surface area (Å²) >= 11 is 0. The van der Waals surface area contributed by atoms with Crippen molar-refractivity contribution < 1.29 is 9.18 Å². The van der Waals surface area contributed by atoms with E-state index in [1.54, 1.807) is 17.0 Å². The van der Waals surface area contributed by atoms with E-state index < -0.39 is 0 Å². The molecule has 1 aliphatic rings. The van der Waals surface area contributed by atoms with Gasteiger partial charge in [0.15, 0.2) is 0 Å². The van der Waals surface area contributed by atoms with E-state index in [0.29, 0.717) is 12.5 Å². The van der Waals surface area contributed by atoms with Gasteiger partial charge in [-0.3, -0.25) is 4.79 Å². The largest absolute Gasteiger partial charge is 0.340 e. The fraction of sp³-hybridized carbons (Fsp3) is 0.562. The molecule has 0 radical (unpaired) electrons. The molecule has 2 unspecified atom stereocenters. The van der Waals surface area contributed by atoms with Crippen molar-refractivity contribution in [3.63, 3.8) is 0 Å². The van der Waals surface area contributed by atoms with Crippen molar-refractivity contribution in [3.8, 4) is 0 Å². The first-order valence-electron chi connectivity index (χ1n) is 7.33. The first-order chi connectivity index (χ1) is 9.60. The molecule has 1 fully saturated rings. The lowest BCUT2D eigenvalue weighted by Gasteiger charge is -2.31. The monoisotopic (exact) mass is 278 g/mol. The molecule has 20 heavy (non-hydrogen) atoms. The smallest absolute Gasteiger partial charge is 0.239 e. The van der Waals surface area contributed by atoms with Gasteiger partial charge in [0.05, 0.1) is 6.04 Å². The van der Waals surface area contributed by atoms with Crippen molar-refractivity contribution >= 4 is 5.91 Å². The van der Waals surface area contributed by atoms with Gasteiger partial charge >= 0.3 is 0 Å². The van der Waals surface area contributed by atoms with Crippen LogP contribution in [0.4, 0.5) is 4.39 Å². The minimum absolute atomic E-state index is 0.0702. The molecule has 4 heteroatoms. The van der Waals surface area contributed by atoms with E-state index in [2.05, 4.69) is 12.2 Å². The van der Waals surface area contributed by atoms with Gasteiger partial charge in [0, 0.05) is 13.6 Å². The molecular formula is C16H23FN2O. The van der Waals surface area contributed by atoms with Gasteiger partial charge in [0.25, 0.3) is 0 Å². The van der Waals surface area contributed by atoms with Crippen LogP contribution in [-0.4, -0.2) is 30.4 Å². The predicted molar refractivity (Wildman–Crippen MR) is 77.7 cm³/mol. The van der Waals surface area contributed by atoms with Crippen LogP contribution in [0.15, 0.2) is 24.3 Å². The van der Waals surface area contributed by atoms with Gasteiger partial charge in [-0.2, -0.15) is 0 Å². The highest BCUT2D eigenvalue weighted by atomic mass is 19.1. The SMILES string of the molecule is CCC1CCNC(C(=O)N(C)Cc2ccc(F)cc2)C1. The molecule has 1 heterocycles. The number of hydrogen-bond donors (Lipinski definition) is 1. The van der Waals surface area contributed by atoms with Gasteiger partial charge < -0.3 is 10.2 Å². The van der Waals surface area contributed by atoms with Crippen molar-refractivity contribution in [1.29, 1.82) is 0 Å².